The van der Waals surface area contributed by atoms with Gasteiger partial charge in [0.05, 0.1) is 0 Å². The van der Waals surface area contributed by atoms with Gasteiger partial charge in [0, 0.05) is 5.92 Å². The second kappa shape index (κ2) is 3.55. The summed E-state index contributed by atoms with van der Waals surface area (Å²) in [5.41, 5.74) is 0. The number of allylic oxidation sites excluding steroid dienone is 2. The van der Waals surface area contributed by atoms with Crippen LogP contribution < -0.4 is 0 Å². The molecule has 1 nitrogen and oxygen atoms in total. The van der Waals surface area contributed by atoms with E-state index in [1.807, 2.05) is 0 Å². The van der Waals surface area contributed by atoms with Gasteiger partial charge in [-0.15, -0.1) is 0 Å². The molecule has 0 fully saturated rings. The molecule has 0 N–H and O–H groups in total. The van der Waals surface area contributed by atoms with Crippen molar-refractivity contribution >= 4 is 5.78 Å². The lowest BCUT2D eigenvalue weighted by atomic mass is 9.96. The summed E-state index contributed by atoms with van der Waals surface area (Å²) in [5, 5.41) is 0. The van der Waals surface area contributed by atoms with Crippen LogP contribution in [-0.4, -0.2) is 5.78 Å². The number of carbonyl (C=O) groups excluding carboxylic acids is 1. The molecule has 0 aromatic heterocycles. The van der Waals surface area contributed by atoms with E-state index in [2.05, 4.69) is 12.2 Å². The van der Waals surface area contributed by atoms with Crippen LogP contribution in [0.1, 0.15) is 32.6 Å². The largest absolute Gasteiger partial charge is 0.300 e. The third-order valence-electron chi connectivity index (χ3n) is 2.11. The molecule has 1 heteroatoms. The van der Waals surface area contributed by atoms with E-state index in [0.717, 1.165) is 25.7 Å². The van der Waals surface area contributed by atoms with Gasteiger partial charge in [-0.2, -0.15) is 0 Å². The number of rotatable bonds is 1. The minimum atomic E-state index is 0.343. The lowest BCUT2D eigenvalue weighted by Gasteiger charge is -2.07. The summed E-state index contributed by atoms with van der Waals surface area (Å²) in [7, 11) is 0. The fraction of sp³-hybridized carbons (Fsp3) is 0.667. The summed E-state index contributed by atoms with van der Waals surface area (Å²) in [4.78, 5) is 10.9. The van der Waals surface area contributed by atoms with Crippen LogP contribution in [0.5, 0.6) is 0 Å². The first-order valence-electron chi connectivity index (χ1n) is 3.96. The summed E-state index contributed by atoms with van der Waals surface area (Å²) in [6.07, 6.45) is 8.66. The van der Waals surface area contributed by atoms with Crippen molar-refractivity contribution in [1.29, 1.82) is 0 Å². The number of hydrogen-bond acceptors (Lipinski definition) is 1. The summed E-state index contributed by atoms with van der Waals surface area (Å²) >= 11 is 0. The minimum Gasteiger partial charge on any atom is -0.300 e. The molecule has 56 valence electrons. The van der Waals surface area contributed by atoms with E-state index >= 15 is 0 Å². The average Bonchev–Trinajstić information content (AvgIpc) is 2.12. The van der Waals surface area contributed by atoms with Gasteiger partial charge < -0.3 is 0 Å². The first kappa shape index (κ1) is 7.52. The zero-order valence-electron chi connectivity index (χ0n) is 6.47. The van der Waals surface area contributed by atoms with Gasteiger partial charge in [0.2, 0.25) is 0 Å². The molecule has 0 saturated carbocycles. The third kappa shape index (κ3) is 1.98. The van der Waals surface area contributed by atoms with Crippen LogP contribution in [0, 0.1) is 5.92 Å². The molecule has 0 heterocycles. The Morgan fingerprint density at radius 2 is 1.80 bits per heavy atom. The molecule has 0 amide bonds. The third-order valence-corrected chi connectivity index (χ3v) is 2.11. The number of hydrogen-bond donors (Lipinski definition) is 0. The predicted molar refractivity (Wildman–Crippen MR) is 41.8 cm³/mol. The van der Waals surface area contributed by atoms with E-state index in [1.54, 1.807) is 6.92 Å². The molecule has 0 bridgehead atoms. The Hall–Kier alpha value is -0.590. The van der Waals surface area contributed by atoms with Crippen molar-refractivity contribution in [2.45, 2.75) is 32.6 Å². The smallest absolute Gasteiger partial charge is 0.132 e. The van der Waals surface area contributed by atoms with E-state index in [0.29, 0.717) is 11.7 Å². The van der Waals surface area contributed by atoms with Crippen molar-refractivity contribution in [2.24, 2.45) is 5.92 Å². The molecule has 1 aliphatic rings. The van der Waals surface area contributed by atoms with E-state index in [1.165, 1.54) is 0 Å². The fourth-order valence-corrected chi connectivity index (χ4v) is 1.38. The Morgan fingerprint density at radius 3 is 2.20 bits per heavy atom. The summed E-state index contributed by atoms with van der Waals surface area (Å²) < 4.78 is 0. The zero-order valence-corrected chi connectivity index (χ0v) is 6.47. The molecule has 0 aromatic rings. The summed E-state index contributed by atoms with van der Waals surface area (Å²) in [6, 6.07) is 0. The average molecular weight is 138 g/mol. The highest BCUT2D eigenvalue weighted by Crippen LogP contribution is 2.18. The first-order chi connectivity index (χ1) is 4.80. The van der Waals surface area contributed by atoms with Crippen LogP contribution >= 0.6 is 0 Å². The Bertz CT molecular complexity index is 137. The Morgan fingerprint density at radius 1 is 1.30 bits per heavy atom. The molecule has 0 radical (unpaired) electrons. The van der Waals surface area contributed by atoms with Gasteiger partial charge in [0.1, 0.15) is 5.78 Å². The van der Waals surface area contributed by atoms with Crippen LogP contribution in [0.15, 0.2) is 12.2 Å². The molecular weight excluding hydrogens is 124 g/mol. The molecule has 0 spiro atoms. The molecule has 0 unspecified atom stereocenters. The van der Waals surface area contributed by atoms with Gasteiger partial charge in [0.25, 0.3) is 0 Å². The van der Waals surface area contributed by atoms with Crippen LogP contribution in [0.4, 0.5) is 0 Å². The maximum Gasteiger partial charge on any atom is 0.132 e. The van der Waals surface area contributed by atoms with Gasteiger partial charge in [-0.3, -0.25) is 4.79 Å². The van der Waals surface area contributed by atoms with Crippen molar-refractivity contribution in [2.75, 3.05) is 0 Å². The number of Topliss-reactive ketones (excluding diaryl/α,β-unsaturated/α-hetero) is 1. The van der Waals surface area contributed by atoms with E-state index in [9.17, 15) is 4.79 Å². The van der Waals surface area contributed by atoms with Crippen LogP contribution in [0.25, 0.3) is 0 Å². The van der Waals surface area contributed by atoms with Gasteiger partial charge in [-0.25, -0.2) is 0 Å². The fourth-order valence-electron chi connectivity index (χ4n) is 1.38. The standard InChI is InChI=1S/C9H14O/c1-8(10)9-6-4-2-3-5-7-9/h2-3,9H,4-7H2,1H3. The highest BCUT2D eigenvalue weighted by Gasteiger charge is 2.13. The lowest BCUT2D eigenvalue weighted by molar-refractivity contribution is -0.121. The number of carbonyl (C=O) groups is 1. The minimum absolute atomic E-state index is 0.343. The Balaban J connectivity index is 2.41. The van der Waals surface area contributed by atoms with Gasteiger partial charge >= 0.3 is 0 Å². The molecular formula is C9H14O. The Kier molecular flexibility index (Phi) is 2.67. The monoisotopic (exact) mass is 138 g/mol. The van der Waals surface area contributed by atoms with Crippen LogP contribution in [0.2, 0.25) is 0 Å². The van der Waals surface area contributed by atoms with Gasteiger partial charge in [-0.1, -0.05) is 12.2 Å². The number of ketones is 1. The van der Waals surface area contributed by atoms with E-state index in [4.69, 9.17) is 0 Å². The highest BCUT2D eigenvalue weighted by atomic mass is 16.1. The van der Waals surface area contributed by atoms with Gasteiger partial charge in [-0.05, 0) is 32.6 Å². The molecule has 0 aliphatic heterocycles. The van der Waals surface area contributed by atoms with Crippen molar-refractivity contribution < 1.29 is 4.79 Å². The quantitative estimate of drug-likeness (QED) is 0.508. The van der Waals surface area contributed by atoms with Crippen LogP contribution in [-0.2, 0) is 4.79 Å². The second-order valence-corrected chi connectivity index (χ2v) is 2.93. The molecule has 0 saturated heterocycles. The van der Waals surface area contributed by atoms with Crippen molar-refractivity contribution in [3.8, 4) is 0 Å². The van der Waals surface area contributed by atoms with Crippen molar-refractivity contribution in [3.63, 3.8) is 0 Å². The van der Waals surface area contributed by atoms with Gasteiger partial charge in [0.15, 0.2) is 0 Å². The van der Waals surface area contributed by atoms with E-state index in [-0.39, 0.29) is 0 Å². The van der Waals surface area contributed by atoms with Crippen molar-refractivity contribution in [1.82, 2.24) is 0 Å². The molecule has 0 atom stereocenters. The Labute approximate surface area is 62.1 Å². The summed E-state index contributed by atoms with van der Waals surface area (Å²) in [6.45, 7) is 1.70. The summed E-state index contributed by atoms with van der Waals surface area (Å²) in [5.74, 6) is 0.707. The molecule has 1 aliphatic carbocycles. The zero-order chi connectivity index (χ0) is 7.40. The molecule has 0 aromatic carbocycles. The predicted octanol–water partition coefficient (Wildman–Crippen LogP) is 2.32. The van der Waals surface area contributed by atoms with Crippen molar-refractivity contribution in [3.05, 3.63) is 12.2 Å². The normalized spacial score (nSPS) is 20.5. The molecule has 1 rings (SSSR count). The first-order valence-corrected chi connectivity index (χ1v) is 3.96. The maximum absolute atomic E-state index is 10.9. The molecule has 10 heavy (non-hydrogen) atoms. The topological polar surface area (TPSA) is 17.1 Å². The van der Waals surface area contributed by atoms with Crippen LogP contribution in [0.3, 0.4) is 0 Å². The van der Waals surface area contributed by atoms with E-state index < -0.39 is 0 Å². The lowest BCUT2D eigenvalue weighted by Crippen LogP contribution is -2.08. The second-order valence-electron chi connectivity index (χ2n) is 2.93. The highest BCUT2D eigenvalue weighted by molar-refractivity contribution is 5.78. The SMILES string of the molecule is CC(=O)C1CCC=CCC1. The maximum atomic E-state index is 10.9.